The van der Waals surface area contributed by atoms with Crippen LogP contribution in [-0.4, -0.2) is 46.1 Å². The molecule has 2 heterocycles. The number of halogens is 8. The predicted molar refractivity (Wildman–Crippen MR) is 178 cm³/mol. The Bertz CT molecular complexity index is 1870. The number of amides is 1. The van der Waals surface area contributed by atoms with E-state index in [1.807, 2.05) is 11.8 Å². The van der Waals surface area contributed by atoms with Crippen molar-refractivity contribution in [3.63, 3.8) is 0 Å². The van der Waals surface area contributed by atoms with Crippen LogP contribution in [0.25, 0.3) is 11.1 Å². The molecule has 15 heteroatoms. The topological polar surface area (TPSA) is 91.6 Å². The van der Waals surface area contributed by atoms with Gasteiger partial charge in [-0.15, -0.1) is 0 Å². The minimum absolute atomic E-state index is 0.00413. The Labute approximate surface area is 295 Å². The van der Waals surface area contributed by atoms with Crippen LogP contribution in [0.5, 0.6) is 0 Å². The van der Waals surface area contributed by atoms with E-state index in [9.17, 15) is 45.8 Å². The smallest absolute Gasteiger partial charge is 0.419 e. The van der Waals surface area contributed by atoms with Gasteiger partial charge in [0.1, 0.15) is 17.7 Å². The number of aliphatic carboxylic acids is 1. The van der Waals surface area contributed by atoms with Crippen LogP contribution in [0.2, 0.25) is 0 Å². The highest BCUT2D eigenvalue weighted by Crippen LogP contribution is 2.42. The van der Waals surface area contributed by atoms with E-state index in [1.54, 1.807) is 32.9 Å². The summed E-state index contributed by atoms with van der Waals surface area (Å²) in [5, 5.41) is 11.9. The van der Waals surface area contributed by atoms with E-state index in [0.29, 0.717) is 47.8 Å². The number of carboxylic acid groups (broad SMARTS) is 1. The van der Waals surface area contributed by atoms with Crippen LogP contribution >= 0.6 is 0 Å². The van der Waals surface area contributed by atoms with Crippen molar-refractivity contribution >= 4 is 11.9 Å². The molecule has 3 aromatic rings. The molecule has 2 aromatic carbocycles. The van der Waals surface area contributed by atoms with Gasteiger partial charge in [-0.05, 0) is 73.8 Å². The molecular formula is C37H41F8N3O4. The summed E-state index contributed by atoms with van der Waals surface area (Å²) in [4.78, 5) is 41.2. The third kappa shape index (κ3) is 9.02. The largest absolute Gasteiger partial charge is 0.481 e. The molecule has 0 spiro atoms. The van der Waals surface area contributed by atoms with Crippen molar-refractivity contribution in [3.05, 3.63) is 91.4 Å². The van der Waals surface area contributed by atoms with Gasteiger partial charge in [0.15, 0.2) is 0 Å². The number of carbonyl (C=O) groups excluding carboxylic acids is 1. The molecule has 0 bridgehead atoms. The van der Waals surface area contributed by atoms with Crippen LogP contribution in [0.15, 0.2) is 35.3 Å². The summed E-state index contributed by atoms with van der Waals surface area (Å²) in [5.41, 5.74) is -5.26. The van der Waals surface area contributed by atoms with Crippen LogP contribution in [0.4, 0.5) is 35.1 Å². The van der Waals surface area contributed by atoms with Gasteiger partial charge < -0.3 is 19.9 Å². The highest BCUT2D eigenvalue weighted by molar-refractivity contribution is 5.82. The summed E-state index contributed by atoms with van der Waals surface area (Å²) < 4.78 is 118. The second kappa shape index (κ2) is 15.4. The summed E-state index contributed by atoms with van der Waals surface area (Å²) in [6.07, 6.45) is -11.0. The third-order valence-corrected chi connectivity index (χ3v) is 9.17. The molecule has 2 atom stereocenters. The summed E-state index contributed by atoms with van der Waals surface area (Å²) in [6.45, 7) is 11.5. The first-order valence-corrected chi connectivity index (χ1v) is 16.7. The minimum Gasteiger partial charge on any atom is -0.481 e. The normalized spacial score (nSPS) is 15.4. The van der Waals surface area contributed by atoms with Crippen molar-refractivity contribution in [3.8, 4) is 11.1 Å². The van der Waals surface area contributed by atoms with Crippen molar-refractivity contribution in [1.82, 2.24) is 14.8 Å². The molecule has 7 nitrogen and oxygen atoms in total. The molecular weight excluding hydrogens is 702 g/mol. The highest BCUT2D eigenvalue weighted by atomic mass is 19.4. The summed E-state index contributed by atoms with van der Waals surface area (Å²) in [7, 11) is 0. The molecule has 1 fully saturated rings. The average Bonchev–Trinajstić information content (AvgIpc) is 2.97. The zero-order valence-electron chi connectivity index (χ0n) is 29.5. The zero-order chi connectivity index (χ0) is 39.0. The first-order chi connectivity index (χ1) is 24.0. The fraction of sp³-hybridized carbons (Fsp3) is 0.486. The number of carbonyl (C=O) groups is 2. The lowest BCUT2D eigenvalue weighted by Crippen LogP contribution is -2.46. The number of hydrogen-bond donors (Lipinski definition) is 2. The maximum absolute atomic E-state index is 16.5. The lowest BCUT2D eigenvalue weighted by Gasteiger charge is -2.37. The van der Waals surface area contributed by atoms with Crippen molar-refractivity contribution in [2.45, 2.75) is 85.2 Å². The summed E-state index contributed by atoms with van der Waals surface area (Å²) in [5.74, 6) is -6.69. The monoisotopic (exact) mass is 743 g/mol. The van der Waals surface area contributed by atoms with E-state index in [2.05, 4.69) is 5.32 Å². The van der Waals surface area contributed by atoms with Gasteiger partial charge in [-0.1, -0.05) is 38.5 Å². The molecule has 1 unspecified atom stereocenters. The van der Waals surface area contributed by atoms with Crippen molar-refractivity contribution in [2.75, 3.05) is 19.6 Å². The Balaban J connectivity index is 1.87. The molecule has 1 aromatic heterocycles. The molecule has 0 saturated carbocycles. The second-order valence-corrected chi connectivity index (χ2v) is 14.2. The fourth-order valence-corrected chi connectivity index (χ4v) is 7.01. The van der Waals surface area contributed by atoms with Gasteiger partial charge in [0.05, 0.1) is 23.6 Å². The van der Waals surface area contributed by atoms with E-state index in [-0.39, 0.29) is 30.5 Å². The number of likely N-dealkylation sites (tertiary alicyclic amines) is 1. The molecule has 0 radical (unpaired) electrons. The van der Waals surface area contributed by atoms with Crippen LogP contribution in [-0.2, 0) is 28.4 Å². The SMILES string of the molecule is Cc1cc(C)c(-c2cc(C(F)(F)F)c(F)c([C@H](CC(=O)O)NC(=O)C(CC(C)C)n3cc(CCN4CC(C)C4)c(C(F)(F)F)cc3=O)c2F)c(C)c1. The number of nitrogens with one attached hydrogen (secondary N) is 1. The number of hydrogen-bond acceptors (Lipinski definition) is 4. The van der Waals surface area contributed by atoms with Crippen LogP contribution < -0.4 is 10.9 Å². The second-order valence-electron chi connectivity index (χ2n) is 14.2. The number of aryl methyl sites for hydroxylation is 3. The van der Waals surface area contributed by atoms with Crippen molar-refractivity contribution in [1.29, 1.82) is 0 Å². The molecule has 1 aliphatic rings. The Morgan fingerprint density at radius 1 is 0.923 bits per heavy atom. The summed E-state index contributed by atoms with van der Waals surface area (Å²) in [6, 6.07) is -0.0639. The van der Waals surface area contributed by atoms with E-state index >= 15 is 8.78 Å². The molecule has 1 saturated heterocycles. The number of benzene rings is 2. The summed E-state index contributed by atoms with van der Waals surface area (Å²) >= 11 is 0. The maximum Gasteiger partial charge on any atom is 0.419 e. The van der Waals surface area contributed by atoms with Crippen LogP contribution in [0, 0.1) is 44.2 Å². The molecule has 4 rings (SSSR count). The van der Waals surface area contributed by atoms with Gasteiger partial charge in [0, 0.05) is 43.0 Å². The standard InChI is InChI=1S/C37H41F8N3O4/c1-18(2)9-28(48-17-23(7-8-47-15-20(4)16-47)25(13-29(48)49)36(40,41)42)35(52)46-27(14-30(50)51)32-33(38)24(12-26(34(32)39)37(43,44)45)31-21(5)10-19(3)11-22(31)6/h10-13,17-18,20,27-28H,7-9,14-16H2,1-6H3,(H,46,52)(H,50,51)/t27-,28?/m0/s1. The van der Waals surface area contributed by atoms with E-state index in [0.717, 1.165) is 10.8 Å². The number of carboxylic acids is 1. The van der Waals surface area contributed by atoms with Crippen LogP contribution in [0.3, 0.4) is 0 Å². The Morgan fingerprint density at radius 2 is 1.50 bits per heavy atom. The third-order valence-electron chi connectivity index (χ3n) is 9.17. The van der Waals surface area contributed by atoms with E-state index < -0.39 is 88.1 Å². The molecule has 2 N–H and O–H groups in total. The van der Waals surface area contributed by atoms with Gasteiger partial charge in [-0.3, -0.25) is 14.4 Å². The van der Waals surface area contributed by atoms with E-state index in [1.165, 1.54) is 13.8 Å². The average molecular weight is 744 g/mol. The molecule has 52 heavy (non-hydrogen) atoms. The van der Waals surface area contributed by atoms with E-state index in [4.69, 9.17) is 0 Å². The van der Waals surface area contributed by atoms with Crippen molar-refractivity contribution < 1.29 is 49.8 Å². The van der Waals surface area contributed by atoms with Gasteiger partial charge in [0.2, 0.25) is 5.91 Å². The number of rotatable bonds is 12. The quantitative estimate of drug-likeness (QED) is 0.183. The Morgan fingerprint density at radius 3 is 2.00 bits per heavy atom. The Hall–Kier alpha value is -4.27. The number of alkyl halides is 6. The number of nitrogens with zero attached hydrogens (tertiary/aromatic N) is 2. The van der Waals surface area contributed by atoms with Gasteiger partial charge in [0.25, 0.3) is 5.56 Å². The number of aromatic nitrogens is 1. The number of pyridine rings is 1. The Kier molecular flexibility index (Phi) is 12.0. The van der Waals surface area contributed by atoms with Gasteiger partial charge in [-0.2, -0.15) is 26.3 Å². The molecule has 0 aliphatic carbocycles. The first kappa shape index (κ1) is 40.5. The zero-order valence-corrected chi connectivity index (χ0v) is 29.5. The fourth-order valence-electron chi connectivity index (χ4n) is 7.01. The molecule has 284 valence electrons. The predicted octanol–water partition coefficient (Wildman–Crippen LogP) is 8.17. The van der Waals surface area contributed by atoms with Gasteiger partial charge >= 0.3 is 18.3 Å². The molecule has 1 amide bonds. The lowest BCUT2D eigenvalue weighted by molar-refractivity contribution is -0.140. The maximum atomic E-state index is 16.5. The van der Waals surface area contributed by atoms with Crippen molar-refractivity contribution in [2.24, 2.45) is 11.8 Å². The first-order valence-electron chi connectivity index (χ1n) is 16.7. The molecule has 1 aliphatic heterocycles. The van der Waals surface area contributed by atoms with Crippen LogP contribution in [0.1, 0.15) is 84.6 Å². The van der Waals surface area contributed by atoms with Gasteiger partial charge in [-0.25, -0.2) is 8.78 Å². The minimum atomic E-state index is -5.37. The highest BCUT2D eigenvalue weighted by Gasteiger charge is 2.41. The lowest BCUT2D eigenvalue weighted by atomic mass is 9.88.